The molecule has 0 aliphatic rings. The Balaban J connectivity index is 3.31. The van der Waals surface area contributed by atoms with Crippen molar-refractivity contribution in [2.45, 2.75) is 26.1 Å². The van der Waals surface area contributed by atoms with E-state index in [4.69, 9.17) is 4.74 Å². The number of hydrogen-bond donors (Lipinski definition) is 0. The van der Waals surface area contributed by atoms with Gasteiger partial charge in [-0.1, -0.05) is 0 Å². The molecular formula is C6H12F2O. The lowest BCUT2D eigenvalue weighted by atomic mass is 10.4. The smallest absolute Gasteiger partial charge is 0.118 e. The van der Waals surface area contributed by atoms with Crippen LogP contribution in [0.15, 0.2) is 0 Å². The molecular weight excluding hydrogens is 126 g/mol. The van der Waals surface area contributed by atoms with Gasteiger partial charge in [0, 0.05) is 0 Å². The summed E-state index contributed by atoms with van der Waals surface area (Å²) < 4.78 is 28.1. The maximum Gasteiger partial charge on any atom is 0.118 e. The van der Waals surface area contributed by atoms with E-state index < -0.39 is 19.5 Å². The standard InChI is InChI=1S/C6H12F2O/c1-5(2)9-6(3-7)4-8/h5-6H,3-4H2,1-2H3. The van der Waals surface area contributed by atoms with Gasteiger partial charge in [-0.2, -0.15) is 0 Å². The van der Waals surface area contributed by atoms with Crippen LogP contribution in [0.3, 0.4) is 0 Å². The summed E-state index contributed by atoms with van der Waals surface area (Å²) in [5, 5.41) is 0. The Morgan fingerprint density at radius 1 is 1.22 bits per heavy atom. The van der Waals surface area contributed by atoms with Gasteiger partial charge in [-0.3, -0.25) is 0 Å². The Labute approximate surface area is 54.0 Å². The van der Waals surface area contributed by atoms with Crippen LogP contribution in [0.4, 0.5) is 8.78 Å². The molecule has 0 rings (SSSR count). The topological polar surface area (TPSA) is 9.23 Å². The van der Waals surface area contributed by atoms with Crippen molar-refractivity contribution in [2.24, 2.45) is 0 Å². The maximum absolute atomic E-state index is 11.7. The molecule has 1 nitrogen and oxygen atoms in total. The summed E-state index contributed by atoms with van der Waals surface area (Å²) in [5.41, 5.74) is 0. The van der Waals surface area contributed by atoms with Crippen LogP contribution in [0.25, 0.3) is 0 Å². The van der Waals surface area contributed by atoms with E-state index in [1.165, 1.54) is 0 Å². The average molecular weight is 138 g/mol. The summed E-state index contributed by atoms with van der Waals surface area (Å²) in [4.78, 5) is 0. The zero-order chi connectivity index (χ0) is 7.28. The molecule has 0 heterocycles. The largest absolute Gasteiger partial charge is 0.370 e. The van der Waals surface area contributed by atoms with Crippen molar-refractivity contribution in [1.82, 2.24) is 0 Å². The number of ether oxygens (including phenoxy) is 1. The fraction of sp³-hybridized carbons (Fsp3) is 1.00. The van der Waals surface area contributed by atoms with E-state index in [1.54, 1.807) is 13.8 Å². The van der Waals surface area contributed by atoms with Gasteiger partial charge in [-0.05, 0) is 13.8 Å². The number of alkyl halides is 2. The highest BCUT2D eigenvalue weighted by atomic mass is 19.1. The molecule has 56 valence electrons. The lowest BCUT2D eigenvalue weighted by Crippen LogP contribution is -2.21. The van der Waals surface area contributed by atoms with Gasteiger partial charge in [0.1, 0.15) is 19.5 Å². The molecule has 0 saturated heterocycles. The molecule has 0 aliphatic heterocycles. The van der Waals surface area contributed by atoms with Crippen LogP contribution in [-0.4, -0.2) is 25.6 Å². The Morgan fingerprint density at radius 3 is 1.78 bits per heavy atom. The summed E-state index contributed by atoms with van der Waals surface area (Å²) in [5.74, 6) is 0. The fourth-order valence-corrected chi connectivity index (χ4v) is 0.499. The van der Waals surface area contributed by atoms with Crippen molar-refractivity contribution in [3.05, 3.63) is 0 Å². The second-order valence-electron chi connectivity index (χ2n) is 2.12. The predicted octanol–water partition coefficient (Wildman–Crippen LogP) is 1.72. The van der Waals surface area contributed by atoms with Crippen LogP contribution in [0, 0.1) is 0 Å². The molecule has 9 heavy (non-hydrogen) atoms. The lowest BCUT2D eigenvalue weighted by molar-refractivity contribution is -0.0177. The summed E-state index contributed by atoms with van der Waals surface area (Å²) in [6, 6.07) is 0. The van der Waals surface area contributed by atoms with Crippen molar-refractivity contribution >= 4 is 0 Å². The quantitative estimate of drug-likeness (QED) is 0.574. The van der Waals surface area contributed by atoms with Gasteiger partial charge in [0.15, 0.2) is 0 Å². The molecule has 0 fully saturated rings. The van der Waals surface area contributed by atoms with E-state index in [-0.39, 0.29) is 6.10 Å². The minimum absolute atomic E-state index is 0.0958. The Morgan fingerprint density at radius 2 is 1.67 bits per heavy atom. The maximum atomic E-state index is 11.7. The number of rotatable bonds is 4. The van der Waals surface area contributed by atoms with E-state index in [1.807, 2.05) is 0 Å². The summed E-state index contributed by atoms with van der Waals surface area (Å²) >= 11 is 0. The SMILES string of the molecule is CC(C)OC(CF)CF. The molecule has 0 aromatic carbocycles. The minimum Gasteiger partial charge on any atom is -0.370 e. The van der Waals surface area contributed by atoms with Gasteiger partial charge < -0.3 is 4.74 Å². The first-order chi connectivity index (χ1) is 4.20. The van der Waals surface area contributed by atoms with Crippen molar-refractivity contribution < 1.29 is 13.5 Å². The molecule has 0 N–H and O–H groups in total. The van der Waals surface area contributed by atoms with Crippen LogP contribution in [0.2, 0.25) is 0 Å². The zero-order valence-electron chi connectivity index (χ0n) is 5.73. The van der Waals surface area contributed by atoms with Crippen molar-refractivity contribution in [2.75, 3.05) is 13.3 Å². The van der Waals surface area contributed by atoms with E-state index in [0.717, 1.165) is 0 Å². The second kappa shape index (κ2) is 4.68. The highest BCUT2D eigenvalue weighted by Crippen LogP contribution is 1.98. The first-order valence-corrected chi connectivity index (χ1v) is 2.98. The normalized spacial score (nSPS) is 11.3. The van der Waals surface area contributed by atoms with Crippen LogP contribution >= 0.6 is 0 Å². The van der Waals surface area contributed by atoms with Crippen LogP contribution < -0.4 is 0 Å². The van der Waals surface area contributed by atoms with Crippen LogP contribution in [0.5, 0.6) is 0 Å². The molecule has 0 bridgehead atoms. The average Bonchev–Trinajstić information content (AvgIpc) is 1.82. The van der Waals surface area contributed by atoms with Gasteiger partial charge in [-0.15, -0.1) is 0 Å². The molecule has 0 aromatic rings. The molecule has 0 aliphatic carbocycles. The number of halogens is 2. The molecule has 0 aromatic heterocycles. The molecule has 3 heteroatoms. The van der Waals surface area contributed by atoms with E-state index in [9.17, 15) is 8.78 Å². The third kappa shape index (κ3) is 4.33. The molecule has 0 atom stereocenters. The first-order valence-electron chi connectivity index (χ1n) is 2.98. The molecule has 0 radical (unpaired) electrons. The zero-order valence-corrected chi connectivity index (χ0v) is 5.73. The van der Waals surface area contributed by atoms with E-state index in [2.05, 4.69) is 0 Å². The molecule has 0 amide bonds. The predicted molar refractivity (Wildman–Crippen MR) is 32.0 cm³/mol. The third-order valence-corrected chi connectivity index (χ3v) is 0.809. The molecule has 0 spiro atoms. The van der Waals surface area contributed by atoms with E-state index in [0.29, 0.717) is 0 Å². The Bertz CT molecular complexity index is 62.1. The lowest BCUT2D eigenvalue weighted by Gasteiger charge is -2.12. The van der Waals surface area contributed by atoms with E-state index >= 15 is 0 Å². The van der Waals surface area contributed by atoms with Crippen LogP contribution in [0.1, 0.15) is 13.8 Å². The first kappa shape index (κ1) is 8.82. The van der Waals surface area contributed by atoms with Gasteiger partial charge in [0.2, 0.25) is 0 Å². The number of hydrogen-bond acceptors (Lipinski definition) is 1. The van der Waals surface area contributed by atoms with Crippen molar-refractivity contribution in [1.29, 1.82) is 0 Å². The van der Waals surface area contributed by atoms with Crippen molar-refractivity contribution in [3.63, 3.8) is 0 Å². The molecule has 0 unspecified atom stereocenters. The summed E-state index contributed by atoms with van der Waals surface area (Å²) in [7, 11) is 0. The highest BCUT2D eigenvalue weighted by molar-refractivity contribution is 4.53. The monoisotopic (exact) mass is 138 g/mol. The van der Waals surface area contributed by atoms with Crippen LogP contribution in [-0.2, 0) is 4.74 Å². The highest BCUT2D eigenvalue weighted by Gasteiger charge is 2.08. The van der Waals surface area contributed by atoms with Gasteiger partial charge in [0.05, 0.1) is 6.10 Å². The summed E-state index contributed by atoms with van der Waals surface area (Å²) in [6.07, 6.45) is -0.952. The van der Waals surface area contributed by atoms with Gasteiger partial charge in [-0.25, -0.2) is 8.78 Å². The molecule has 0 saturated carbocycles. The Hall–Kier alpha value is -0.180. The third-order valence-electron chi connectivity index (χ3n) is 0.809. The fourth-order valence-electron chi connectivity index (χ4n) is 0.499. The van der Waals surface area contributed by atoms with Gasteiger partial charge in [0.25, 0.3) is 0 Å². The Kier molecular flexibility index (Phi) is 4.58. The second-order valence-corrected chi connectivity index (χ2v) is 2.12. The van der Waals surface area contributed by atoms with Crippen molar-refractivity contribution in [3.8, 4) is 0 Å². The van der Waals surface area contributed by atoms with Gasteiger partial charge >= 0.3 is 0 Å². The minimum atomic E-state index is -0.856. The summed E-state index contributed by atoms with van der Waals surface area (Å²) in [6.45, 7) is 2.01.